The summed E-state index contributed by atoms with van der Waals surface area (Å²) in [5, 5.41) is 3.16. The lowest BCUT2D eigenvalue weighted by Crippen LogP contribution is -1.84. The van der Waals surface area contributed by atoms with Crippen LogP contribution in [0.5, 0.6) is 0 Å². The van der Waals surface area contributed by atoms with E-state index in [0.717, 1.165) is 0 Å². The Morgan fingerprint density at radius 2 is 1.39 bits per heavy atom. The molecule has 1 heteroatoms. The molecule has 0 bridgehead atoms. The van der Waals surface area contributed by atoms with Crippen LogP contribution in [0.1, 0.15) is 82.4 Å². The largest absolute Gasteiger partial charge is 0.139 e. The molecule has 1 aromatic heterocycles. The van der Waals surface area contributed by atoms with Crippen LogP contribution in [0.25, 0.3) is 0 Å². The molecule has 0 N–H and O–H groups in total. The highest BCUT2D eigenvalue weighted by molar-refractivity contribution is 7.09. The van der Waals surface area contributed by atoms with Crippen molar-refractivity contribution in [3.05, 3.63) is 22.4 Å². The first-order valence-corrected chi connectivity index (χ1v) is 8.70. The smallest absolute Gasteiger partial charge is 0.0445 e. The lowest BCUT2D eigenvalue weighted by atomic mass is 10.1. The maximum atomic E-state index is 3.16. The zero-order valence-corrected chi connectivity index (χ0v) is 12.9. The summed E-state index contributed by atoms with van der Waals surface area (Å²) in [4.78, 5) is 1.51. The van der Waals surface area contributed by atoms with Gasteiger partial charge < -0.3 is 0 Å². The minimum absolute atomic E-state index is 1.27. The molecule has 0 nitrogen and oxygen atoms in total. The lowest BCUT2D eigenvalue weighted by Gasteiger charge is -2.02. The van der Waals surface area contributed by atoms with Crippen molar-refractivity contribution in [1.82, 2.24) is 0 Å². The fourth-order valence-corrected chi connectivity index (χ4v) is 3.04. The van der Waals surface area contributed by atoms with E-state index in [-0.39, 0.29) is 0 Å². The first-order valence-electron chi connectivity index (χ1n) is 7.88. The van der Waals surface area contributed by atoms with Crippen molar-refractivity contribution in [2.24, 2.45) is 0 Å². The Balaban J connectivity index is 1.73. The Morgan fingerprint density at radius 1 is 0.833 bits per heavy atom. The maximum absolute atomic E-state index is 3.16. The van der Waals surface area contributed by atoms with Crippen LogP contribution in [0.3, 0.4) is 0 Å². The van der Waals surface area contributed by atoms with E-state index in [4.69, 9.17) is 0 Å². The Bertz CT molecular complexity index is 251. The summed E-state index contributed by atoms with van der Waals surface area (Å²) < 4.78 is 0. The summed E-state index contributed by atoms with van der Waals surface area (Å²) >= 11 is 1.78. The Labute approximate surface area is 118 Å². The van der Waals surface area contributed by atoms with Crippen LogP contribution in [0.15, 0.2) is 12.1 Å². The van der Waals surface area contributed by atoms with Gasteiger partial charge in [-0.05, 0) is 25.0 Å². The summed E-state index contributed by atoms with van der Waals surface area (Å²) in [7, 11) is 0. The summed E-state index contributed by atoms with van der Waals surface area (Å²) in [6.07, 6.45) is 17.0. The fraction of sp³-hybridized carbons (Fsp3) is 0.765. The zero-order chi connectivity index (χ0) is 12.9. The van der Waals surface area contributed by atoms with Crippen molar-refractivity contribution >= 4 is 11.3 Å². The minimum atomic E-state index is 1.27. The standard InChI is InChI=1S/C17H29S/c1-2-3-4-5-6-7-8-9-10-11-12-14-17-15-13-16-18-17/h13,15H,2-12,14H2,1H3. The van der Waals surface area contributed by atoms with Crippen molar-refractivity contribution in [1.29, 1.82) is 0 Å². The minimum Gasteiger partial charge on any atom is -0.139 e. The van der Waals surface area contributed by atoms with Gasteiger partial charge in [0.15, 0.2) is 0 Å². The van der Waals surface area contributed by atoms with Gasteiger partial charge in [-0.2, -0.15) is 0 Å². The molecule has 0 spiro atoms. The van der Waals surface area contributed by atoms with Crippen molar-refractivity contribution in [3.63, 3.8) is 0 Å². The number of thiophene rings is 1. The fourth-order valence-electron chi connectivity index (χ4n) is 2.37. The summed E-state index contributed by atoms with van der Waals surface area (Å²) in [6, 6.07) is 4.25. The number of hydrogen-bond acceptors (Lipinski definition) is 1. The van der Waals surface area contributed by atoms with Crippen molar-refractivity contribution in [2.45, 2.75) is 84.0 Å². The van der Waals surface area contributed by atoms with Gasteiger partial charge in [0.2, 0.25) is 0 Å². The molecule has 0 unspecified atom stereocenters. The Kier molecular flexibility index (Phi) is 10.3. The SMILES string of the molecule is CCCCCCCCCCCCCc1cc[c]s1. The molecular formula is C17H29S. The average molecular weight is 265 g/mol. The second kappa shape index (κ2) is 11.8. The van der Waals surface area contributed by atoms with Crippen LogP contribution < -0.4 is 0 Å². The van der Waals surface area contributed by atoms with Gasteiger partial charge in [0.25, 0.3) is 0 Å². The van der Waals surface area contributed by atoms with Crippen LogP contribution in [0.4, 0.5) is 0 Å². The third kappa shape index (κ3) is 8.74. The molecule has 1 heterocycles. The van der Waals surface area contributed by atoms with Gasteiger partial charge in [-0.3, -0.25) is 0 Å². The summed E-state index contributed by atoms with van der Waals surface area (Å²) in [5.74, 6) is 0. The Hall–Kier alpha value is -0.300. The van der Waals surface area contributed by atoms with E-state index in [0.29, 0.717) is 0 Å². The molecular weight excluding hydrogens is 236 g/mol. The van der Waals surface area contributed by atoms with E-state index >= 15 is 0 Å². The van der Waals surface area contributed by atoms with Gasteiger partial charge in [-0.1, -0.05) is 71.1 Å². The predicted octanol–water partition coefficient (Wildman–Crippen LogP) is 6.40. The average Bonchev–Trinajstić information content (AvgIpc) is 2.89. The number of unbranched alkanes of at least 4 members (excludes halogenated alkanes) is 10. The number of hydrogen-bond donors (Lipinski definition) is 0. The maximum Gasteiger partial charge on any atom is 0.0445 e. The highest BCUT2D eigenvalue weighted by Gasteiger charge is 1.95. The van der Waals surface area contributed by atoms with E-state index < -0.39 is 0 Å². The second-order valence-corrected chi connectivity index (χ2v) is 6.27. The third-order valence-corrected chi connectivity index (χ3v) is 4.41. The first-order chi connectivity index (χ1) is 8.93. The topological polar surface area (TPSA) is 0 Å². The summed E-state index contributed by atoms with van der Waals surface area (Å²) in [6.45, 7) is 2.29. The van der Waals surface area contributed by atoms with Crippen LogP contribution in [0, 0.1) is 5.38 Å². The quantitative estimate of drug-likeness (QED) is 0.383. The molecule has 0 aliphatic heterocycles. The van der Waals surface area contributed by atoms with Crippen molar-refractivity contribution in [2.75, 3.05) is 0 Å². The van der Waals surface area contributed by atoms with Gasteiger partial charge in [-0.15, -0.1) is 11.3 Å². The molecule has 0 fully saturated rings. The van der Waals surface area contributed by atoms with Crippen molar-refractivity contribution in [3.8, 4) is 0 Å². The molecule has 1 radical (unpaired) electrons. The molecule has 0 atom stereocenters. The Morgan fingerprint density at radius 3 is 1.89 bits per heavy atom. The predicted molar refractivity (Wildman–Crippen MR) is 83.3 cm³/mol. The molecule has 1 rings (SSSR count). The molecule has 1 aromatic rings. The number of rotatable bonds is 12. The van der Waals surface area contributed by atoms with Gasteiger partial charge in [-0.25, -0.2) is 0 Å². The molecule has 0 saturated carbocycles. The monoisotopic (exact) mass is 265 g/mol. The highest BCUT2D eigenvalue weighted by atomic mass is 32.1. The first kappa shape index (κ1) is 15.8. The zero-order valence-electron chi connectivity index (χ0n) is 12.0. The molecule has 0 amide bonds. The van der Waals surface area contributed by atoms with Crippen LogP contribution >= 0.6 is 11.3 Å². The van der Waals surface area contributed by atoms with Crippen molar-refractivity contribution < 1.29 is 0 Å². The van der Waals surface area contributed by atoms with E-state index in [1.807, 2.05) is 6.07 Å². The normalized spacial score (nSPS) is 10.9. The van der Waals surface area contributed by atoms with Crippen LogP contribution in [0.2, 0.25) is 0 Å². The van der Waals surface area contributed by atoms with Gasteiger partial charge in [0, 0.05) is 10.3 Å². The molecule has 0 saturated heterocycles. The lowest BCUT2D eigenvalue weighted by molar-refractivity contribution is 0.550. The molecule has 0 aliphatic rings. The van der Waals surface area contributed by atoms with Gasteiger partial charge in [0.05, 0.1) is 0 Å². The molecule has 0 aromatic carbocycles. The van der Waals surface area contributed by atoms with E-state index in [9.17, 15) is 0 Å². The molecule has 0 aliphatic carbocycles. The van der Waals surface area contributed by atoms with Crippen LogP contribution in [-0.4, -0.2) is 0 Å². The van der Waals surface area contributed by atoms with Gasteiger partial charge >= 0.3 is 0 Å². The van der Waals surface area contributed by atoms with E-state index in [1.165, 1.54) is 81.9 Å². The van der Waals surface area contributed by atoms with E-state index in [2.05, 4.69) is 18.4 Å². The second-order valence-electron chi connectivity index (χ2n) is 5.31. The molecule has 18 heavy (non-hydrogen) atoms. The highest BCUT2D eigenvalue weighted by Crippen LogP contribution is 2.14. The van der Waals surface area contributed by atoms with E-state index in [1.54, 1.807) is 11.3 Å². The summed E-state index contributed by atoms with van der Waals surface area (Å²) in [5.41, 5.74) is 0. The molecule has 103 valence electrons. The van der Waals surface area contributed by atoms with Gasteiger partial charge in [0.1, 0.15) is 0 Å². The van der Waals surface area contributed by atoms with Crippen LogP contribution in [-0.2, 0) is 6.42 Å². The number of aryl methyl sites for hydroxylation is 1. The third-order valence-electron chi connectivity index (χ3n) is 3.55.